The van der Waals surface area contributed by atoms with E-state index in [4.69, 9.17) is 0 Å². The summed E-state index contributed by atoms with van der Waals surface area (Å²) in [5.74, 6) is 0.789. The maximum Gasteiger partial charge on any atom is -0.00988 e. The summed E-state index contributed by atoms with van der Waals surface area (Å²) < 4.78 is 0. The molecule has 1 aliphatic carbocycles. The number of benzene rings is 4. The third-order valence-corrected chi connectivity index (χ3v) is 6.07. The molecular formula is C26H24. The van der Waals surface area contributed by atoms with E-state index < -0.39 is 0 Å². The highest BCUT2D eigenvalue weighted by atomic mass is 14.2. The van der Waals surface area contributed by atoms with Gasteiger partial charge in [0.1, 0.15) is 0 Å². The summed E-state index contributed by atoms with van der Waals surface area (Å²) in [5, 5.41) is 8.07. The van der Waals surface area contributed by atoms with Crippen molar-refractivity contribution in [1.29, 1.82) is 0 Å². The van der Waals surface area contributed by atoms with Crippen molar-refractivity contribution in [3.63, 3.8) is 0 Å². The van der Waals surface area contributed by atoms with Crippen LogP contribution in [0.1, 0.15) is 36.0 Å². The fraction of sp³-hybridized carbons (Fsp3) is 0.231. The minimum Gasteiger partial charge on any atom is -0.0808 e. The fourth-order valence-corrected chi connectivity index (χ4v) is 4.22. The lowest BCUT2D eigenvalue weighted by molar-refractivity contribution is 0.389. The first-order valence-electron chi connectivity index (χ1n) is 9.74. The van der Waals surface area contributed by atoms with Crippen LogP contribution < -0.4 is 0 Å². The maximum atomic E-state index is 2.43. The second-order valence-electron chi connectivity index (χ2n) is 7.93. The molecule has 0 unspecified atom stereocenters. The molecule has 128 valence electrons. The first-order valence-corrected chi connectivity index (χ1v) is 9.74. The van der Waals surface area contributed by atoms with Crippen molar-refractivity contribution in [2.45, 2.75) is 33.1 Å². The van der Waals surface area contributed by atoms with E-state index in [0.717, 1.165) is 5.92 Å². The van der Waals surface area contributed by atoms with E-state index in [2.05, 4.69) is 80.6 Å². The molecule has 0 amide bonds. The van der Waals surface area contributed by atoms with Crippen LogP contribution in [-0.2, 0) is 0 Å². The number of fused-ring (bicyclic) bond motifs is 4. The van der Waals surface area contributed by atoms with E-state index >= 15 is 0 Å². The molecule has 0 aliphatic heterocycles. The average molecular weight is 336 g/mol. The zero-order valence-corrected chi connectivity index (χ0v) is 15.5. The van der Waals surface area contributed by atoms with Gasteiger partial charge in [0.15, 0.2) is 0 Å². The molecule has 5 rings (SSSR count). The first kappa shape index (κ1) is 15.6. The highest BCUT2D eigenvalue weighted by Crippen LogP contribution is 2.34. The highest BCUT2D eigenvalue weighted by molar-refractivity contribution is 6.14. The molecule has 1 aliphatic rings. The zero-order valence-electron chi connectivity index (χ0n) is 15.5. The quantitative estimate of drug-likeness (QED) is 0.261. The minimum atomic E-state index is 0.789. The smallest absolute Gasteiger partial charge is 0.00988 e. The van der Waals surface area contributed by atoms with Crippen molar-refractivity contribution in [2.24, 2.45) is 5.92 Å². The second kappa shape index (κ2) is 5.99. The summed E-state index contributed by atoms with van der Waals surface area (Å²) >= 11 is 0. The molecule has 0 bridgehead atoms. The van der Waals surface area contributed by atoms with Crippen molar-refractivity contribution < 1.29 is 0 Å². The van der Waals surface area contributed by atoms with E-state index in [-0.39, 0.29) is 0 Å². The Kier molecular flexibility index (Phi) is 3.60. The van der Waals surface area contributed by atoms with E-state index in [9.17, 15) is 0 Å². The summed E-state index contributed by atoms with van der Waals surface area (Å²) in [4.78, 5) is 0. The number of hydrogen-bond donors (Lipinski definition) is 0. The van der Waals surface area contributed by atoms with Crippen LogP contribution in [0.25, 0.3) is 38.4 Å². The molecule has 0 atom stereocenters. The average Bonchev–Trinajstić information content (AvgIpc) is 2.60. The monoisotopic (exact) mass is 336 g/mol. The van der Waals surface area contributed by atoms with Gasteiger partial charge in [-0.05, 0) is 88.2 Å². The van der Waals surface area contributed by atoms with Crippen molar-refractivity contribution in [3.05, 3.63) is 77.4 Å². The van der Waals surface area contributed by atoms with Crippen molar-refractivity contribution in [3.8, 4) is 0 Å². The van der Waals surface area contributed by atoms with E-state index in [1.807, 2.05) is 0 Å². The fourth-order valence-electron chi connectivity index (χ4n) is 4.22. The Bertz CT molecular complexity index is 1170. The predicted octanol–water partition coefficient (Wildman–Crippen LogP) is 7.58. The van der Waals surface area contributed by atoms with Gasteiger partial charge in [-0.3, -0.25) is 0 Å². The van der Waals surface area contributed by atoms with Crippen LogP contribution in [0.4, 0.5) is 0 Å². The molecule has 0 aromatic heterocycles. The van der Waals surface area contributed by atoms with Crippen molar-refractivity contribution in [1.82, 2.24) is 0 Å². The summed E-state index contributed by atoms with van der Waals surface area (Å²) in [6.07, 6.45) is 8.90. The lowest BCUT2D eigenvalue weighted by atomic mass is 9.84. The van der Waals surface area contributed by atoms with Gasteiger partial charge >= 0.3 is 0 Å². The normalized spacial score (nSPS) is 15.3. The Morgan fingerprint density at radius 2 is 1.54 bits per heavy atom. The van der Waals surface area contributed by atoms with E-state index in [1.54, 1.807) is 0 Å². The Labute approximate surface area is 155 Å². The van der Waals surface area contributed by atoms with E-state index in [0.29, 0.717) is 0 Å². The molecule has 26 heavy (non-hydrogen) atoms. The standard InChI is InChI=1S/C26H24/c1-17-6-9-20-16-26-21(15-22(20)14-17)10-13-24-23(12-8-19-4-3-5-19)18(2)7-11-25(24)26/h6-16,19H,3-5H2,1-2H3/b12-8-. The number of rotatable bonds is 2. The van der Waals surface area contributed by atoms with Crippen LogP contribution in [0, 0.1) is 19.8 Å². The summed E-state index contributed by atoms with van der Waals surface area (Å²) in [5.41, 5.74) is 4.07. The molecule has 0 N–H and O–H groups in total. The topological polar surface area (TPSA) is 0 Å². The molecule has 0 heteroatoms. The summed E-state index contributed by atoms with van der Waals surface area (Å²) in [6.45, 7) is 4.39. The number of hydrogen-bond acceptors (Lipinski definition) is 0. The maximum absolute atomic E-state index is 2.43. The molecule has 0 nitrogen and oxygen atoms in total. The van der Waals surface area contributed by atoms with Gasteiger partial charge in [-0.25, -0.2) is 0 Å². The van der Waals surface area contributed by atoms with Gasteiger partial charge in [0.25, 0.3) is 0 Å². The van der Waals surface area contributed by atoms with Crippen molar-refractivity contribution >= 4 is 38.4 Å². The van der Waals surface area contributed by atoms with Crippen LogP contribution in [0.15, 0.2) is 60.7 Å². The summed E-state index contributed by atoms with van der Waals surface area (Å²) in [7, 11) is 0. The molecule has 4 aromatic carbocycles. The van der Waals surface area contributed by atoms with Crippen LogP contribution in [0.3, 0.4) is 0 Å². The predicted molar refractivity (Wildman–Crippen MR) is 115 cm³/mol. The van der Waals surface area contributed by atoms with Gasteiger partial charge in [-0.15, -0.1) is 0 Å². The molecular weight excluding hydrogens is 312 g/mol. The van der Waals surface area contributed by atoms with Gasteiger partial charge in [0.05, 0.1) is 0 Å². The van der Waals surface area contributed by atoms with Crippen molar-refractivity contribution in [2.75, 3.05) is 0 Å². The van der Waals surface area contributed by atoms with Crippen LogP contribution in [0.5, 0.6) is 0 Å². The Balaban J connectivity index is 1.76. The van der Waals surface area contributed by atoms with Gasteiger partial charge in [-0.2, -0.15) is 0 Å². The van der Waals surface area contributed by atoms with Gasteiger partial charge in [0.2, 0.25) is 0 Å². The number of aryl methyl sites for hydroxylation is 2. The Morgan fingerprint density at radius 3 is 2.35 bits per heavy atom. The third-order valence-electron chi connectivity index (χ3n) is 6.07. The lowest BCUT2D eigenvalue weighted by Gasteiger charge is -2.21. The first-order chi connectivity index (χ1) is 12.7. The largest absolute Gasteiger partial charge is 0.0808 e. The summed E-state index contributed by atoms with van der Waals surface area (Å²) in [6, 6.07) is 20.6. The van der Waals surface area contributed by atoms with Crippen LogP contribution >= 0.6 is 0 Å². The zero-order chi connectivity index (χ0) is 17.7. The molecule has 0 heterocycles. The molecule has 0 saturated heterocycles. The minimum absolute atomic E-state index is 0.789. The lowest BCUT2D eigenvalue weighted by Crippen LogP contribution is -2.06. The van der Waals surface area contributed by atoms with Crippen LogP contribution in [0.2, 0.25) is 0 Å². The number of allylic oxidation sites excluding steroid dienone is 1. The van der Waals surface area contributed by atoms with E-state index in [1.165, 1.54) is 68.3 Å². The third kappa shape index (κ3) is 2.52. The molecule has 1 saturated carbocycles. The molecule has 1 fully saturated rings. The molecule has 0 spiro atoms. The van der Waals surface area contributed by atoms with Gasteiger partial charge < -0.3 is 0 Å². The Morgan fingerprint density at radius 1 is 0.731 bits per heavy atom. The SMILES string of the molecule is Cc1ccc2cc3c(ccc4c(/C=C\C5CCC5)c(C)ccc43)cc2c1. The van der Waals surface area contributed by atoms with Crippen LogP contribution in [-0.4, -0.2) is 0 Å². The van der Waals surface area contributed by atoms with Gasteiger partial charge in [-0.1, -0.05) is 66.6 Å². The highest BCUT2D eigenvalue weighted by Gasteiger charge is 2.14. The molecule has 0 radical (unpaired) electrons. The second-order valence-corrected chi connectivity index (χ2v) is 7.93. The molecule has 4 aromatic rings. The Hall–Kier alpha value is -2.60. The van der Waals surface area contributed by atoms with Gasteiger partial charge in [0, 0.05) is 0 Å².